The summed E-state index contributed by atoms with van der Waals surface area (Å²) >= 11 is 0. The van der Waals surface area contributed by atoms with Gasteiger partial charge in [0.15, 0.2) is 0 Å². The van der Waals surface area contributed by atoms with Crippen LogP contribution in [0.15, 0.2) is 36.5 Å². The van der Waals surface area contributed by atoms with Gasteiger partial charge in [0.25, 0.3) is 0 Å². The Morgan fingerprint density at radius 2 is 1.72 bits per heavy atom. The molecule has 0 amide bonds. The number of hydrogen-bond donors (Lipinski definition) is 3. The van der Waals surface area contributed by atoms with E-state index in [1.165, 1.54) is 22.0 Å². The fraction of sp³-hybridized carbons (Fsp3) is 0.519. The Labute approximate surface area is 211 Å². The van der Waals surface area contributed by atoms with E-state index in [1.807, 2.05) is 0 Å². The minimum Gasteiger partial charge on any atom is -0.478 e. The van der Waals surface area contributed by atoms with Crippen LogP contribution in [0.25, 0.3) is 10.9 Å². The van der Waals surface area contributed by atoms with Gasteiger partial charge in [-0.1, -0.05) is 12.1 Å². The molecule has 4 rings (SSSR count). The van der Waals surface area contributed by atoms with Crippen molar-refractivity contribution in [2.45, 2.75) is 70.7 Å². The number of aliphatic hydroxyl groups excluding tert-OH is 1. The van der Waals surface area contributed by atoms with Crippen LogP contribution in [-0.2, 0) is 25.5 Å². The number of likely N-dealkylation sites (tertiary alicyclic amines) is 1. The molecule has 36 heavy (non-hydrogen) atoms. The van der Waals surface area contributed by atoms with Gasteiger partial charge in [-0.15, -0.1) is 0 Å². The van der Waals surface area contributed by atoms with Crippen LogP contribution < -0.4 is 0 Å². The van der Waals surface area contributed by atoms with Gasteiger partial charge in [-0.3, -0.25) is 4.79 Å². The summed E-state index contributed by atoms with van der Waals surface area (Å²) in [4.78, 5) is 34.2. The number of esters is 1. The van der Waals surface area contributed by atoms with Gasteiger partial charge < -0.3 is 29.5 Å². The van der Waals surface area contributed by atoms with Gasteiger partial charge in [-0.25, -0.2) is 9.59 Å². The van der Waals surface area contributed by atoms with Gasteiger partial charge in [0, 0.05) is 53.8 Å². The minimum atomic E-state index is -1.26. The van der Waals surface area contributed by atoms with Crippen LogP contribution >= 0.6 is 0 Å². The van der Waals surface area contributed by atoms with Crippen molar-refractivity contribution in [3.63, 3.8) is 0 Å². The molecule has 196 valence electrons. The molecule has 5 atom stereocenters. The number of aliphatic carboxylic acids is 2. The predicted octanol–water partition coefficient (Wildman–Crippen LogP) is 3.21. The van der Waals surface area contributed by atoms with Gasteiger partial charge in [0.1, 0.15) is 6.10 Å². The van der Waals surface area contributed by atoms with Crippen LogP contribution in [0.2, 0.25) is 0 Å². The summed E-state index contributed by atoms with van der Waals surface area (Å²) in [6.07, 6.45) is 4.15. The van der Waals surface area contributed by atoms with Gasteiger partial charge in [-0.2, -0.15) is 0 Å². The van der Waals surface area contributed by atoms with Crippen molar-refractivity contribution in [1.82, 2.24) is 9.47 Å². The summed E-state index contributed by atoms with van der Waals surface area (Å²) in [5, 5.41) is 26.7. The SMILES string of the molecule is CC(O)C(C)OC(=O)[C@@H]1C[C@@H]2c3cccc4c3c(cn4C(C)C)C[C@H]2N(C)C1.O=C(O)/C=C\C(=O)O. The second-order valence-corrected chi connectivity index (χ2v) is 10.0. The van der Waals surface area contributed by atoms with Gasteiger partial charge in [0.2, 0.25) is 0 Å². The molecule has 0 bridgehead atoms. The van der Waals surface area contributed by atoms with Crippen LogP contribution in [-0.4, -0.2) is 74.5 Å². The zero-order valence-corrected chi connectivity index (χ0v) is 21.4. The molecule has 9 nitrogen and oxygen atoms in total. The Morgan fingerprint density at radius 1 is 1.08 bits per heavy atom. The Morgan fingerprint density at radius 3 is 2.28 bits per heavy atom. The van der Waals surface area contributed by atoms with Crippen molar-refractivity contribution < 1.29 is 34.4 Å². The summed E-state index contributed by atoms with van der Waals surface area (Å²) in [6.45, 7) is 8.57. The highest BCUT2D eigenvalue weighted by molar-refractivity contribution is 5.90. The van der Waals surface area contributed by atoms with Crippen LogP contribution in [0, 0.1) is 5.92 Å². The molecule has 3 N–H and O–H groups in total. The maximum absolute atomic E-state index is 12.8. The molecule has 0 radical (unpaired) electrons. The molecule has 2 heterocycles. The lowest BCUT2D eigenvalue weighted by molar-refractivity contribution is -0.160. The van der Waals surface area contributed by atoms with Gasteiger partial charge in [-0.05, 0) is 64.8 Å². The first-order valence-electron chi connectivity index (χ1n) is 12.3. The van der Waals surface area contributed by atoms with Crippen molar-refractivity contribution >= 4 is 28.8 Å². The number of carboxylic acid groups (broad SMARTS) is 2. The molecule has 2 aliphatic rings. The van der Waals surface area contributed by atoms with E-state index < -0.39 is 24.1 Å². The molecular weight excluding hydrogens is 464 g/mol. The third-order valence-electron chi connectivity index (χ3n) is 7.11. The number of aliphatic hydroxyl groups is 1. The zero-order chi connectivity index (χ0) is 26.7. The van der Waals surface area contributed by atoms with E-state index in [0.29, 0.717) is 36.7 Å². The van der Waals surface area contributed by atoms with Crippen LogP contribution in [0.3, 0.4) is 0 Å². The molecule has 1 aromatic carbocycles. The van der Waals surface area contributed by atoms with Gasteiger partial charge >= 0.3 is 17.9 Å². The van der Waals surface area contributed by atoms with E-state index in [0.717, 1.165) is 12.8 Å². The average Bonchev–Trinajstić information content (AvgIpc) is 3.18. The molecule has 2 unspecified atom stereocenters. The van der Waals surface area contributed by atoms with Crippen molar-refractivity contribution in [2.75, 3.05) is 13.6 Å². The van der Waals surface area contributed by atoms with E-state index in [1.54, 1.807) is 13.8 Å². The van der Waals surface area contributed by atoms with E-state index in [2.05, 4.69) is 54.8 Å². The standard InChI is InChI=1S/C23H32N2O3.C4H4O4/c1-13(2)25-12-16-10-21-19(18-7-6-8-20(25)22(16)18)9-17(11-24(21)5)23(27)28-15(4)14(3)26;5-3(6)1-2-4(7)8/h6-8,12-15,17,19,21,26H,9-11H2,1-5H3;1-2H,(H,5,6)(H,7,8)/b;2-1-/t14?,15?,17-,19-,21-;/m1./s1. The topological polar surface area (TPSA) is 129 Å². The van der Waals surface area contributed by atoms with E-state index in [-0.39, 0.29) is 11.9 Å². The smallest absolute Gasteiger partial charge is 0.328 e. The number of piperidine rings is 1. The van der Waals surface area contributed by atoms with Crippen molar-refractivity contribution in [3.8, 4) is 0 Å². The number of rotatable bonds is 6. The quantitative estimate of drug-likeness (QED) is 0.407. The molecule has 1 aliphatic heterocycles. The third-order valence-corrected chi connectivity index (χ3v) is 7.11. The monoisotopic (exact) mass is 500 g/mol. The number of aromatic nitrogens is 1. The Hall–Kier alpha value is -3.17. The molecule has 1 aliphatic carbocycles. The summed E-state index contributed by atoms with van der Waals surface area (Å²) < 4.78 is 7.91. The maximum Gasteiger partial charge on any atom is 0.328 e. The second-order valence-electron chi connectivity index (χ2n) is 10.0. The Balaban J connectivity index is 0.000000392. The average molecular weight is 501 g/mol. The number of nitrogens with zero attached hydrogens (tertiary/aromatic N) is 2. The molecule has 1 saturated heterocycles. The number of carboxylic acids is 2. The van der Waals surface area contributed by atoms with Crippen LogP contribution in [0.4, 0.5) is 0 Å². The highest BCUT2D eigenvalue weighted by Crippen LogP contribution is 2.45. The predicted molar refractivity (Wildman–Crippen MR) is 135 cm³/mol. The molecule has 9 heteroatoms. The lowest BCUT2D eigenvalue weighted by Gasteiger charge is -2.45. The molecular formula is C27H36N2O7. The van der Waals surface area contributed by atoms with Crippen molar-refractivity contribution in [2.24, 2.45) is 5.92 Å². The molecule has 0 saturated carbocycles. The van der Waals surface area contributed by atoms with E-state index in [4.69, 9.17) is 14.9 Å². The fourth-order valence-electron chi connectivity index (χ4n) is 5.19. The number of likely N-dealkylation sites (N-methyl/N-ethyl adjacent to an activating group) is 1. The first kappa shape index (κ1) is 27.4. The van der Waals surface area contributed by atoms with Crippen LogP contribution in [0.1, 0.15) is 57.2 Å². The van der Waals surface area contributed by atoms with E-state index >= 15 is 0 Å². The third kappa shape index (κ3) is 5.96. The normalized spacial score (nSPS) is 23.0. The Kier molecular flexibility index (Phi) is 8.58. The first-order chi connectivity index (χ1) is 16.9. The maximum atomic E-state index is 12.8. The van der Waals surface area contributed by atoms with Crippen LogP contribution in [0.5, 0.6) is 0 Å². The number of hydrogen-bond acceptors (Lipinski definition) is 6. The molecule has 0 spiro atoms. The number of fused-ring (bicyclic) bond motifs is 2. The highest BCUT2D eigenvalue weighted by Gasteiger charge is 2.42. The summed E-state index contributed by atoms with van der Waals surface area (Å²) in [5.41, 5.74) is 4.10. The number of benzene rings is 1. The lowest BCUT2D eigenvalue weighted by atomic mass is 9.72. The van der Waals surface area contributed by atoms with Crippen molar-refractivity contribution in [1.29, 1.82) is 0 Å². The summed E-state index contributed by atoms with van der Waals surface area (Å²) in [5.74, 6) is -2.52. The van der Waals surface area contributed by atoms with Gasteiger partial charge in [0.05, 0.1) is 12.0 Å². The van der Waals surface area contributed by atoms with E-state index in [9.17, 15) is 19.5 Å². The Bertz CT molecular complexity index is 1130. The summed E-state index contributed by atoms with van der Waals surface area (Å²) in [7, 11) is 2.12. The fourth-order valence-corrected chi connectivity index (χ4v) is 5.19. The molecule has 1 aromatic heterocycles. The summed E-state index contributed by atoms with van der Waals surface area (Å²) in [6, 6.07) is 7.45. The second kappa shape index (κ2) is 11.3. The molecule has 1 fully saturated rings. The largest absolute Gasteiger partial charge is 0.478 e. The molecule has 2 aromatic rings. The first-order valence-corrected chi connectivity index (χ1v) is 12.3. The minimum absolute atomic E-state index is 0.156. The number of carbonyl (C=O) groups is 3. The van der Waals surface area contributed by atoms with Crippen molar-refractivity contribution in [3.05, 3.63) is 47.7 Å². The number of carbonyl (C=O) groups excluding carboxylic acids is 1. The highest BCUT2D eigenvalue weighted by atomic mass is 16.6. The zero-order valence-electron chi connectivity index (χ0n) is 21.4. The number of ether oxygens (including phenoxy) is 1. The lowest BCUT2D eigenvalue weighted by Crippen LogP contribution is -2.50.